The summed E-state index contributed by atoms with van der Waals surface area (Å²) in [6.07, 6.45) is 1.98. The first-order chi connectivity index (χ1) is 9.13. The molecule has 0 fully saturated rings. The average molecular weight is 277 g/mol. The number of hydrogen-bond donors (Lipinski definition) is 2. The van der Waals surface area contributed by atoms with Gasteiger partial charge < -0.3 is 11.1 Å². The maximum Gasteiger partial charge on any atom is 0.143 e. The summed E-state index contributed by atoms with van der Waals surface area (Å²) in [4.78, 5) is 0. The summed E-state index contributed by atoms with van der Waals surface area (Å²) >= 11 is 5.68. The molecule has 1 aliphatic carbocycles. The molecule has 2 aromatic carbocycles. The van der Waals surface area contributed by atoms with Crippen LogP contribution in [0.15, 0.2) is 36.4 Å². The highest BCUT2D eigenvalue weighted by Crippen LogP contribution is 2.35. The zero-order chi connectivity index (χ0) is 13.4. The van der Waals surface area contributed by atoms with Crippen molar-refractivity contribution in [1.82, 2.24) is 0 Å². The van der Waals surface area contributed by atoms with Gasteiger partial charge in [0.2, 0.25) is 0 Å². The van der Waals surface area contributed by atoms with E-state index in [2.05, 4.69) is 5.32 Å². The van der Waals surface area contributed by atoms with Crippen LogP contribution in [0.3, 0.4) is 0 Å². The van der Waals surface area contributed by atoms with Gasteiger partial charge in [0.15, 0.2) is 0 Å². The molecule has 2 nitrogen and oxygen atoms in total. The number of benzene rings is 2. The number of anilines is 2. The number of nitrogens with two attached hydrogens (primary N) is 1. The van der Waals surface area contributed by atoms with Crippen LogP contribution >= 0.6 is 11.6 Å². The number of halogens is 2. The molecule has 3 N–H and O–H groups in total. The Morgan fingerprint density at radius 2 is 2.05 bits per heavy atom. The Hall–Kier alpha value is -1.74. The van der Waals surface area contributed by atoms with E-state index in [4.69, 9.17) is 17.3 Å². The van der Waals surface area contributed by atoms with Gasteiger partial charge in [0.25, 0.3) is 0 Å². The summed E-state index contributed by atoms with van der Waals surface area (Å²) in [5.41, 5.74) is 9.83. The highest BCUT2D eigenvalue weighted by molar-refractivity contribution is 6.30. The standard InChI is InChI=1S/C15H14ClFN2/c16-13-5-3-11(8-14(13)17)19-15-6-1-9-7-10(18)2-4-12(9)15/h2-5,7-8,15,19H,1,6,18H2. The molecule has 1 atom stereocenters. The molecule has 3 rings (SSSR count). The van der Waals surface area contributed by atoms with Gasteiger partial charge in [-0.3, -0.25) is 0 Å². The number of hydrogen-bond acceptors (Lipinski definition) is 2. The normalized spacial score (nSPS) is 17.3. The topological polar surface area (TPSA) is 38.0 Å². The van der Waals surface area contributed by atoms with Gasteiger partial charge in [0.1, 0.15) is 5.82 Å². The molecule has 2 aromatic rings. The first kappa shape index (κ1) is 12.3. The van der Waals surface area contributed by atoms with Crippen LogP contribution in [0.1, 0.15) is 23.6 Å². The third-order valence-corrected chi connectivity index (χ3v) is 3.81. The first-order valence-electron chi connectivity index (χ1n) is 6.23. The Bertz CT molecular complexity index is 628. The Labute approximate surface area is 116 Å². The van der Waals surface area contributed by atoms with Crippen molar-refractivity contribution < 1.29 is 4.39 Å². The van der Waals surface area contributed by atoms with E-state index in [1.54, 1.807) is 12.1 Å². The molecule has 0 heterocycles. The highest BCUT2D eigenvalue weighted by Gasteiger charge is 2.22. The molecule has 0 aliphatic heterocycles. The second kappa shape index (κ2) is 4.74. The lowest BCUT2D eigenvalue weighted by Crippen LogP contribution is -2.07. The Kier molecular flexibility index (Phi) is 3.07. The minimum atomic E-state index is -0.401. The summed E-state index contributed by atoms with van der Waals surface area (Å²) in [6.45, 7) is 0. The van der Waals surface area contributed by atoms with Gasteiger partial charge in [-0.15, -0.1) is 0 Å². The lowest BCUT2D eigenvalue weighted by Gasteiger charge is -2.16. The van der Waals surface area contributed by atoms with Crippen LogP contribution in [0.2, 0.25) is 5.02 Å². The molecule has 1 unspecified atom stereocenters. The van der Waals surface area contributed by atoms with Gasteiger partial charge in [-0.25, -0.2) is 4.39 Å². The van der Waals surface area contributed by atoms with Crippen LogP contribution in [0.25, 0.3) is 0 Å². The summed E-state index contributed by atoms with van der Waals surface area (Å²) in [6, 6.07) is 11.0. The van der Waals surface area contributed by atoms with Crippen molar-refractivity contribution >= 4 is 23.0 Å². The zero-order valence-corrected chi connectivity index (χ0v) is 11.0. The molecule has 4 heteroatoms. The van der Waals surface area contributed by atoms with Crippen molar-refractivity contribution in [3.8, 4) is 0 Å². The van der Waals surface area contributed by atoms with Crippen LogP contribution in [0.4, 0.5) is 15.8 Å². The molecule has 98 valence electrons. The van der Waals surface area contributed by atoms with E-state index in [0.717, 1.165) is 24.2 Å². The van der Waals surface area contributed by atoms with Crippen LogP contribution in [0, 0.1) is 5.82 Å². The zero-order valence-electron chi connectivity index (χ0n) is 10.3. The lowest BCUT2D eigenvalue weighted by molar-refractivity contribution is 0.628. The van der Waals surface area contributed by atoms with Crippen molar-refractivity contribution in [1.29, 1.82) is 0 Å². The number of fused-ring (bicyclic) bond motifs is 1. The van der Waals surface area contributed by atoms with E-state index in [9.17, 15) is 4.39 Å². The third kappa shape index (κ3) is 2.38. The predicted molar refractivity (Wildman–Crippen MR) is 76.9 cm³/mol. The summed E-state index contributed by atoms with van der Waals surface area (Å²) in [5.74, 6) is -0.401. The van der Waals surface area contributed by atoms with Crippen molar-refractivity contribution in [2.45, 2.75) is 18.9 Å². The van der Waals surface area contributed by atoms with Crippen molar-refractivity contribution in [2.24, 2.45) is 0 Å². The quantitative estimate of drug-likeness (QED) is 0.808. The molecule has 0 spiro atoms. The fourth-order valence-corrected chi connectivity index (χ4v) is 2.69. The highest BCUT2D eigenvalue weighted by atomic mass is 35.5. The average Bonchev–Trinajstić information content (AvgIpc) is 2.76. The molecule has 0 saturated heterocycles. The van der Waals surface area contributed by atoms with Gasteiger partial charge in [0.05, 0.1) is 11.1 Å². The largest absolute Gasteiger partial charge is 0.399 e. The Balaban J connectivity index is 1.84. The maximum atomic E-state index is 13.4. The summed E-state index contributed by atoms with van der Waals surface area (Å²) in [5, 5.41) is 3.49. The number of nitrogens with one attached hydrogen (secondary N) is 1. The molecule has 0 aromatic heterocycles. The van der Waals surface area contributed by atoms with Gasteiger partial charge >= 0.3 is 0 Å². The predicted octanol–water partition coefficient (Wildman–Crippen LogP) is 4.16. The molecule has 1 aliphatic rings. The van der Waals surface area contributed by atoms with Crippen LogP contribution in [-0.2, 0) is 6.42 Å². The van der Waals surface area contributed by atoms with Crippen molar-refractivity contribution in [3.63, 3.8) is 0 Å². The second-order valence-electron chi connectivity index (χ2n) is 4.82. The first-order valence-corrected chi connectivity index (χ1v) is 6.61. The molecular formula is C15H14ClFN2. The number of rotatable bonds is 2. The second-order valence-corrected chi connectivity index (χ2v) is 5.23. The van der Waals surface area contributed by atoms with E-state index in [0.29, 0.717) is 0 Å². The SMILES string of the molecule is Nc1ccc2c(c1)CCC2Nc1ccc(Cl)c(F)c1. The van der Waals surface area contributed by atoms with E-state index in [-0.39, 0.29) is 11.1 Å². The van der Waals surface area contributed by atoms with Gasteiger partial charge in [-0.2, -0.15) is 0 Å². The maximum absolute atomic E-state index is 13.4. The number of nitrogen functional groups attached to an aromatic ring is 1. The minimum absolute atomic E-state index is 0.144. The Morgan fingerprint density at radius 1 is 1.21 bits per heavy atom. The molecule has 0 saturated carbocycles. The van der Waals surface area contributed by atoms with E-state index in [1.165, 1.54) is 17.2 Å². The molecular weight excluding hydrogens is 263 g/mol. The van der Waals surface area contributed by atoms with Crippen LogP contribution in [0.5, 0.6) is 0 Å². The van der Waals surface area contributed by atoms with Gasteiger partial charge in [-0.05, 0) is 54.3 Å². The fraction of sp³-hybridized carbons (Fsp3) is 0.200. The molecule has 0 bridgehead atoms. The molecule has 0 radical (unpaired) electrons. The third-order valence-electron chi connectivity index (χ3n) is 3.51. The summed E-state index contributed by atoms with van der Waals surface area (Å²) < 4.78 is 13.4. The van der Waals surface area contributed by atoms with Crippen molar-refractivity contribution in [3.05, 3.63) is 58.4 Å². The fourth-order valence-electron chi connectivity index (χ4n) is 2.57. The van der Waals surface area contributed by atoms with Gasteiger partial charge in [-0.1, -0.05) is 17.7 Å². The van der Waals surface area contributed by atoms with E-state index < -0.39 is 5.82 Å². The van der Waals surface area contributed by atoms with Crippen LogP contribution < -0.4 is 11.1 Å². The smallest absolute Gasteiger partial charge is 0.143 e. The Morgan fingerprint density at radius 3 is 2.84 bits per heavy atom. The van der Waals surface area contributed by atoms with Crippen LogP contribution in [-0.4, -0.2) is 0 Å². The van der Waals surface area contributed by atoms with Crippen molar-refractivity contribution in [2.75, 3.05) is 11.1 Å². The minimum Gasteiger partial charge on any atom is -0.399 e. The number of aryl methyl sites for hydroxylation is 1. The van der Waals surface area contributed by atoms with E-state index >= 15 is 0 Å². The van der Waals surface area contributed by atoms with Gasteiger partial charge in [0, 0.05) is 11.4 Å². The monoisotopic (exact) mass is 276 g/mol. The molecule has 19 heavy (non-hydrogen) atoms. The lowest BCUT2D eigenvalue weighted by atomic mass is 10.1. The van der Waals surface area contributed by atoms with E-state index in [1.807, 2.05) is 18.2 Å². The summed E-state index contributed by atoms with van der Waals surface area (Å²) in [7, 11) is 0. The molecule has 0 amide bonds.